The van der Waals surface area contributed by atoms with Crippen molar-refractivity contribution in [1.29, 1.82) is 0 Å². The number of unbranched alkanes of at least 4 members (excludes halogenated alkanes) is 2. The van der Waals surface area contributed by atoms with Crippen LogP contribution in [-0.2, 0) is 12.8 Å². The molecule has 0 aliphatic heterocycles. The maximum absolute atomic E-state index is 4.64. The molecule has 198 valence electrons. The molecule has 2 heterocycles. The molecule has 1 N–H and O–H groups in total. The van der Waals surface area contributed by atoms with E-state index in [2.05, 4.69) is 75.1 Å². The summed E-state index contributed by atoms with van der Waals surface area (Å²) in [6.45, 7) is 29.3. The van der Waals surface area contributed by atoms with Crippen molar-refractivity contribution in [1.82, 2.24) is 9.97 Å². The molecule has 2 rings (SSSR count). The average Bonchev–Trinajstić information content (AvgIpc) is 3.33. The lowest BCUT2D eigenvalue weighted by atomic mass is 9.99. The molecule has 0 amide bonds. The highest BCUT2D eigenvalue weighted by molar-refractivity contribution is 5.83. The number of H-pyrrole nitrogens is 1. The summed E-state index contributed by atoms with van der Waals surface area (Å²) in [5.41, 5.74) is 9.48. The summed E-state index contributed by atoms with van der Waals surface area (Å²) in [7, 11) is 0. The van der Waals surface area contributed by atoms with Gasteiger partial charge in [-0.2, -0.15) is 0 Å². The van der Waals surface area contributed by atoms with Crippen LogP contribution in [0.2, 0.25) is 0 Å². The van der Waals surface area contributed by atoms with Crippen LogP contribution in [0.25, 0.3) is 16.7 Å². The molecule has 2 aromatic heterocycles. The molecule has 0 aromatic carbocycles. The first-order valence-electron chi connectivity index (χ1n) is 14.2. The zero-order chi connectivity index (χ0) is 27.2. The Hall–Kier alpha value is -2.35. The second-order valence-corrected chi connectivity index (χ2v) is 8.05. The molecule has 0 aliphatic carbocycles. The molecule has 0 spiro atoms. The first kappa shape index (κ1) is 34.8. The molecule has 0 saturated heterocycles. The predicted molar refractivity (Wildman–Crippen MR) is 163 cm³/mol. The van der Waals surface area contributed by atoms with E-state index < -0.39 is 0 Å². The highest BCUT2D eigenvalue weighted by Gasteiger charge is 2.12. The lowest BCUT2D eigenvalue weighted by Crippen LogP contribution is -1.93. The monoisotopic (exact) mass is 480 g/mol. The smallest absolute Gasteiger partial charge is 0.0421 e. The predicted octanol–water partition coefficient (Wildman–Crippen LogP) is 11.1. The number of nitrogens with zero attached hydrogens (tertiary/aromatic N) is 1. The molecular formula is C33H56N2. The van der Waals surface area contributed by atoms with E-state index in [0.29, 0.717) is 0 Å². The van der Waals surface area contributed by atoms with Gasteiger partial charge in [-0.3, -0.25) is 4.98 Å². The number of pyridine rings is 1. The molecule has 35 heavy (non-hydrogen) atoms. The van der Waals surface area contributed by atoms with E-state index >= 15 is 0 Å². The van der Waals surface area contributed by atoms with Crippen LogP contribution in [0.15, 0.2) is 43.6 Å². The van der Waals surface area contributed by atoms with Crippen LogP contribution < -0.4 is 0 Å². The maximum atomic E-state index is 4.64. The van der Waals surface area contributed by atoms with E-state index in [1.807, 2.05) is 47.7 Å². The van der Waals surface area contributed by atoms with E-state index in [-0.39, 0.29) is 0 Å². The maximum Gasteiger partial charge on any atom is 0.0421 e. The van der Waals surface area contributed by atoms with Gasteiger partial charge in [0.15, 0.2) is 0 Å². The molecular weight excluding hydrogens is 424 g/mol. The Balaban J connectivity index is 0. The van der Waals surface area contributed by atoms with Crippen molar-refractivity contribution in [2.75, 3.05) is 0 Å². The Morgan fingerprint density at radius 3 is 2.00 bits per heavy atom. The number of hydrogen-bond acceptors (Lipinski definition) is 1. The third-order valence-electron chi connectivity index (χ3n) is 5.34. The van der Waals surface area contributed by atoms with Gasteiger partial charge in [0.1, 0.15) is 0 Å². The molecule has 2 aromatic rings. The summed E-state index contributed by atoms with van der Waals surface area (Å²) in [5.74, 6) is 0. The summed E-state index contributed by atoms with van der Waals surface area (Å²) < 4.78 is 0. The van der Waals surface area contributed by atoms with E-state index in [1.165, 1.54) is 47.5 Å². The van der Waals surface area contributed by atoms with E-state index in [9.17, 15) is 0 Å². The number of aromatic nitrogens is 2. The lowest BCUT2D eigenvalue weighted by Gasteiger charge is -2.08. The summed E-state index contributed by atoms with van der Waals surface area (Å²) >= 11 is 0. The Kier molecular flexibility index (Phi) is 22.0. The molecule has 0 radical (unpaired) electrons. The van der Waals surface area contributed by atoms with E-state index in [1.54, 1.807) is 0 Å². The van der Waals surface area contributed by atoms with Crippen molar-refractivity contribution in [3.05, 3.63) is 71.8 Å². The SMILES string of the molecule is C=C(/C=C(\CCCC)c1cc(C(=C)C)c(CCC)[nH]1)c1ccc(CCCC)nc1.CC.CC.CC. The van der Waals surface area contributed by atoms with Gasteiger partial charge in [-0.1, -0.05) is 101 Å². The number of allylic oxidation sites excluding steroid dienone is 4. The van der Waals surface area contributed by atoms with Crippen LogP contribution in [0.4, 0.5) is 0 Å². The molecule has 0 bridgehead atoms. The minimum Gasteiger partial charge on any atom is -0.358 e. The summed E-state index contributed by atoms with van der Waals surface area (Å²) in [5, 5.41) is 0. The van der Waals surface area contributed by atoms with Gasteiger partial charge in [0.05, 0.1) is 0 Å². The second-order valence-electron chi connectivity index (χ2n) is 8.05. The Bertz CT molecular complexity index is 834. The zero-order valence-corrected chi connectivity index (χ0v) is 24.9. The van der Waals surface area contributed by atoms with Gasteiger partial charge in [-0.15, -0.1) is 0 Å². The first-order valence-corrected chi connectivity index (χ1v) is 14.2. The fraction of sp³-hybridized carbons (Fsp3) is 0.545. The molecule has 0 unspecified atom stereocenters. The quantitative estimate of drug-likeness (QED) is 0.301. The Morgan fingerprint density at radius 1 is 0.886 bits per heavy atom. The summed E-state index contributed by atoms with van der Waals surface area (Å²) in [6, 6.07) is 6.57. The molecule has 0 aliphatic rings. The Morgan fingerprint density at radius 2 is 1.51 bits per heavy atom. The minimum absolute atomic E-state index is 1.02. The standard InChI is InChI=1S/C27H38N2.3C2H6/c1-7-10-13-22(27-18-25(20(4)5)26(29-27)12-9-3)17-21(6)23-15-16-24(28-19-23)14-11-8-2;3*1-2/h15-19,29H,4,6-14H2,1-3,5H3;3*1-2H3/b22-17+;;;. The Labute approximate surface area is 219 Å². The van der Waals surface area contributed by atoms with Crippen LogP contribution in [0.1, 0.15) is 136 Å². The average molecular weight is 481 g/mol. The van der Waals surface area contributed by atoms with E-state index in [4.69, 9.17) is 0 Å². The van der Waals surface area contributed by atoms with Gasteiger partial charge in [-0.05, 0) is 85.1 Å². The number of aromatic amines is 1. The summed E-state index contributed by atoms with van der Waals surface area (Å²) in [4.78, 5) is 8.31. The van der Waals surface area contributed by atoms with Crippen molar-refractivity contribution in [2.45, 2.75) is 121 Å². The van der Waals surface area contributed by atoms with Crippen molar-refractivity contribution < 1.29 is 0 Å². The zero-order valence-electron chi connectivity index (χ0n) is 24.9. The topological polar surface area (TPSA) is 28.7 Å². The normalized spacial score (nSPS) is 10.2. The largest absolute Gasteiger partial charge is 0.358 e. The fourth-order valence-corrected chi connectivity index (χ4v) is 3.56. The molecule has 2 nitrogen and oxygen atoms in total. The number of nitrogens with one attached hydrogen (secondary N) is 1. The van der Waals surface area contributed by atoms with Gasteiger partial charge >= 0.3 is 0 Å². The van der Waals surface area contributed by atoms with Crippen molar-refractivity contribution in [3.8, 4) is 0 Å². The first-order chi connectivity index (χ1) is 17.0. The highest BCUT2D eigenvalue weighted by Crippen LogP contribution is 2.29. The van der Waals surface area contributed by atoms with Crippen molar-refractivity contribution >= 4 is 16.7 Å². The van der Waals surface area contributed by atoms with Crippen LogP contribution in [0.3, 0.4) is 0 Å². The molecule has 0 saturated carbocycles. The fourth-order valence-electron chi connectivity index (χ4n) is 3.56. The van der Waals surface area contributed by atoms with Gasteiger partial charge in [-0.25, -0.2) is 0 Å². The van der Waals surface area contributed by atoms with Crippen molar-refractivity contribution in [3.63, 3.8) is 0 Å². The summed E-state index contributed by atoms with van der Waals surface area (Å²) in [6.07, 6.45) is 13.2. The second kappa shape index (κ2) is 22.1. The van der Waals surface area contributed by atoms with Gasteiger partial charge < -0.3 is 4.98 Å². The highest BCUT2D eigenvalue weighted by atomic mass is 14.7. The molecule has 0 atom stereocenters. The van der Waals surface area contributed by atoms with Crippen molar-refractivity contribution in [2.24, 2.45) is 0 Å². The molecule has 0 fully saturated rings. The lowest BCUT2D eigenvalue weighted by molar-refractivity contribution is 0.776. The van der Waals surface area contributed by atoms with Gasteiger partial charge in [0, 0.05) is 23.3 Å². The number of hydrogen-bond donors (Lipinski definition) is 1. The van der Waals surface area contributed by atoms with Crippen LogP contribution in [0.5, 0.6) is 0 Å². The molecule has 2 heteroatoms. The third-order valence-corrected chi connectivity index (χ3v) is 5.34. The van der Waals surface area contributed by atoms with Crippen LogP contribution in [0, 0.1) is 0 Å². The number of rotatable bonds is 12. The van der Waals surface area contributed by atoms with Crippen LogP contribution in [-0.4, -0.2) is 9.97 Å². The van der Waals surface area contributed by atoms with Gasteiger partial charge in [0.25, 0.3) is 0 Å². The minimum atomic E-state index is 1.02. The van der Waals surface area contributed by atoms with Gasteiger partial charge in [0.2, 0.25) is 0 Å². The number of aryl methyl sites for hydroxylation is 2. The third kappa shape index (κ3) is 12.8. The van der Waals surface area contributed by atoms with Crippen LogP contribution >= 0.6 is 0 Å². The van der Waals surface area contributed by atoms with E-state index in [0.717, 1.165) is 48.8 Å².